The summed E-state index contributed by atoms with van der Waals surface area (Å²) in [5.74, 6) is 0.755. The first-order valence-corrected chi connectivity index (χ1v) is 8.09. The molecule has 1 heterocycles. The first-order valence-electron chi connectivity index (χ1n) is 8.09. The predicted octanol–water partition coefficient (Wildman–Crippen LogP) is 3.59. The lowest BCUT2D eigenvalue weighted by Crippen LogP contribution is -2.40. The van der Waals surface area contributed by atoms with Crippen molar-refractivity contribution in [2.24, 2.45) is 0 Å². The van der Waals surface area contributed by atoms with E-state index in [1.807, 2.05) is 23.1 Å². The van der Waals surface area contributed by atoms with Gasteiger partial charge in [-0.3, -0.25) is 4.68 Å². The van der Waals surface area contributed by atoms with Crippen molar-refractivity contribution in [3.05, 3.63) is 54.4 Å². The molecule has 0 bridgehead atoms. The maximum absolute atomic E-state index is 4.28. The van der Waals surface area contributed by atoms with E-state index in [2.05, 4.69) is 47.7 Å². The number of nitrogens with zero attached hydrogens (tertiary/aromatic N) is 2. The van der Waals surface area contributed by atoms with Crippen LogP contribution in [-0.2, 0) is 6.54 Å². The quantitative estimate of drug-likeness (QED) is 0.909. The summed E-state index contributed by atoms with van der Waals surface area (Å²) >= 11 is 0. The summed E-state index contributed by atoms with van der Waals surface area (Å²) in [4.78, 5) is 0. The molecule has 0 radical (unpaired) electrons. The molecule has 21 heavy (non-hydrogen) atoms. The summed E-state index contributed by atoms with van der Waals surface area (Å²) in [5, 5.41) is 8.05. The molecule has 0 saturated heterocycles. The van der Waals surface area contributed by atoms with Crippen LogP contribution >= 0.6 is 0 Å². The molecule has 0 spiro atoms. The van der Waals surface area contributed by atoms with Crippen LogP contribution in [0.2, 0.25) is 0 Å². The van der Waals surface area contributed by atoms with Gasteiger partial charge >= 0.3 is 0 Å². The Bertz CT molecular complexity index is 513. The zero-order chi connectivity index (χ0) is 14.5. The Kier molecular flexibility index (Phi) is 4.71. The van der Waals surface area contributed by atoms with E-state index in [0.717, 1.165) is 12.5 Å². The van der Waals surface area contributed by atoms with E-state index in [-0.39, 0.29) is 0 Å². The Morgan fingerprint density at radius 1 is 1.14 bits per heavy atom. The van der Waals surface area contributed by atoms with E-state index in [1.54, 1.807) is 0 Å². The number of rotatable bonds is 5. The second-order valence-electron chi connectivity index (χ2n) is 6.26. The zero-order valence-electron chi connectivity index (χ0n) is 12.8. The average Bonchev–Trinajstić information content (AvgIpc) is 3.02. The van der Waals surface area contributed by atoms with Gasteiger partial charge in [-0.2, -0.15) is 5.10 Å². The van der Waals surface area contributed by atoms with E-state index < -0.39 is 0 Å². The second kappa shape index (κ2) is 6.90. The number of hydrogen-bond acceptors (Lipinski definition) is 2. The topological polar surface area (TPSA) is 29.9 Å². The summed E-state index contributed by atoms with van der Waals surface area (Å²) in [6.45, 7) is 3.20. The molecular formula is C18H25N3. The monoisotopic (exact) mass is 283 g/mol. The lowest BCUT2D eigenvalue weighted by Gasteiger charge is -2.31. The summed E-state index contributed by atoms with van der Waals surface area (Å²) in [5.41, 5.74) is 1.51. The Balaban J connectivity index is 1.45. The minimum Gasteiger partial charge on any atom is -0.310 e. The van der Waals surface area contributed by atoms with Crippen molar-refractivity contribution in [2.75, 3.05) is 0 Å². The smallest absolute Gasteiger partial charge is 0.0560 e. The first kappa shape index (κ1) is 14.3. The molecule has 2 aromatic rings. The fourth-order valence-electron chi connectivity index (χ4n) is 3.46. The molecule has 1 N–H and O–H groups in total. The van der Waals surface area contributed by atoms with Crippen molar-refractivity contribution in [3.8, 4) is 0 Å². The third kappa shape index (κ3) is 3.94. The van der Waals surface area contributed by atoms with Crippen LogP contribution in [0.25, 0.3) is 0 Å². The molecule has 0 aliphatic heterocycles. The fourth-order valence-corrected chi connectivity index (χ4v) is 3.46. The maximum atomic E-state index is 4.28. The number of hydrogen-bond donors (Lipinski definition) is 1. The molecule has 1 fully saturated rings. The average molecular weight is 283 g/mol. The van der Waals surface area contributed by atoms with Gasteiger partial charge in [0, 0.05) is 24.5 Å². The number of aromatic nitrogens is 2. The van der Waals surface area contributed by atoms with Gasteiger partial charge in [-0.25, -0.2) is 0 Å². The van der Waals surface area contributed by atoms with Crippen LogP contribution in [0.5, 0.6) is 0 Å². The zero-order valence-corrected chi connectivity index (χ0v) is 12.8. The lowest BCUT2D eigenvalue weighted by atomic mass is 9.81. The largest absolute Gasteiger partial charge is 0.310 e. The molecule has 3 heteroatoms. The van der Waals surface area contributed by atoms with Gasteiger partial charge in [-0.05, 0) is 50.2 Å². The van der Waals surface area contributed by atoms with Crippen molar-refractivity contribution in [1.29, 1.82) is 0 Å². The molecule has 3 nitrogen and oxygen atoms in total. The summed E-state index contributed by atoms with van der Waals surface area (Å²) in [6.07, 6.45) is 9.04. The highest BCUT2D eigenvalue weighted by atomic mass is 15.3. The van der Waals surface area contributed by atoms with Gasteiger partial charge in [0.1, 0.15) is 0 Å². The predicted molar refractivity (Wildman–Crippen MR) is 86.3 cm³/mol. The number of nitrogens with one attached hydrogen (secondary N) is 1. The van der Waals surface area contributed by atoms with Gasteiger partial charge in [0.15, 0.2) is 0 Å². The highest BCUT2D eigenvalue weighted by Crippen LogP contribution is 2.32. The van der Waals surface area contributed by atoms with E-state index in [4.69, 9.17) is 0 Å². The SMILES string of the molecule is CC(Cn1cccn1)NC1CCC(c2ccccc2)CC1. The summed E-state index contributed by atoms with van der Waals surface area (Å²) in [6, 6.07) is 14.1. The Morgan fingerprint density at radius 2 is 1.90 bits per heavy atom. The Hall–Kier alpha value is -1.61. The van der Waals surface area contributed by atoms with Crippen LogP contribution < -0.4 is 5.32 Å². The first-order chi connectivity index (χ1) is 10.3. The molecule has 0 amide bonds. The van der Waals surface area contributed by atoms with Gasteiger partial charge in [0.2, 0.25) is 0 Å². The molecule has 3 rings (SSSR count). The molecule has 1 aliphatic carbocycles. The normalized spacial score (nSPS) is 23.9. The van der Waals surface area contributed by atoms with Crippen LogP contribution in [0.3, 0.4) is 0 Å². The van der Waals surface area contributed by atoms with E-state index in [0.29, 0.717) is 12.1 Å². The molecule has 1 atom stereocenters. The standard InChI is InChI=1S/C18H25N3/c1-15(14-21-13-5-12-19-21)20-18-10-8-17(9-11-18)16-6-3-2-4-7-16/h2-7,12-13,15,17-18,20H,8-11,14H2,1H3. The molecule has 1 aliphatic rings. The van der Waals surface area contributed by atoms with E-state index >= 15 is 0 Å². The van der Waals surface area contributed by atoms with Gasteiger partial charge in [0.25, 0.3) is 0 Å². The second-order valence-corrected chi connectivity index (χ2v) is 6.26. The van der Waals surface area contributed by atoms with Crippen molar-refractivity contribution in [3.63, 3.8) is 0 Å². The minimum absolute atomic E-state index is 0.475. The Morgan fingerprint density at radius 3 is 2.57 bits per heavy atom. The lowest BCUT2D eigenvalue weighted by molar-refractivity contribution is 0.304. The van der Waals surface area contributed by atoms with Crippen LogP contribution in [-0.4, -0.2) is 21.9 Å². The van der Waals surface area contributed by atoms with Gasteiger partial charge < -0.3 is 5.32 Å². The maximum Gasteiger partial charge on any atom is 0.0560 e. The minimum atomic E-state index is 0.475. The van der Waals surface area contributed by atoms with Gasteiger partial charge in [-0.15, -0.1) is 0 Å². The van der Waals surface area contributed by atoms with E-state index in [1.165, 1.54) is 31.2 Å². The molecule has 112 valence electrons. The third-order valence-electron chi connectivity index (χ3n) is 4.54. The third-order valence-corrected chi connectivity index (χ3v) is 4.54. The van der Waals surface area contributed by atoms with E-state index in [9.17, 15) is 0 Å². The van der Waals surface area contributed by atoms with Crippen LogP contribution in [0.4, 0.5) is 0 Å². The fraction of sp³-hybridized carbons (Fsp3) is 0.500. The van der Waals surface area contributed by atoms with Crippen molar-refractivity contribution in [1.82, 2.24) is 15.1 Å². The summed E-state index contributed by atoms with van der Waals surface area (Å²) in [7, 11) is 0. The van der Waals surface area contributed by atoms with Crippen molar-refractivity contribution < 1.29 is 0 Å². The van der Waals surface area contributed by atoms with Crippen LogP contribution in [0.15, 0.2) is 48.8 Å². The van der Waals surface area contributed by atoms with Gasteiger partial charge in [-0.1, -0.05) is 30.3 Å². The van der Waals surface area contributed by atoms with Crippen LogP contribution in [0, 0.1) is 0 Å². The molecular weight excluding hydrogens is 258 g/mol. The van der Waals surface area contributed by atoms with Crippen molar-refractivity contribution >= 4 is 0 Å². The summed E-state index contributed by atoms with van der Waals surface area (Å²) < 4.78 is 2.01. The highest BCUT2D eigenvalue weighted by Gasteiger charge is 2.23. The van der Waals surface area contributed by atoms with Crippen LogP contribution in [0.1, 0.15) is 44.1 Å². The molecule has 1 aromatic carbocycles. The van der Waals surface area contributed by atoms with Gasteiger partial charge in [0.05, 0.1) is 6.54 Å². The molecule has 1 saturated carbocycles. The highest BCUT2D eigenvalue weighted by molar-refractivity contribution is 5.20. The number of benzene rings is 1. The Labute approximate surface area is 127 Å². The van der Waals surface area contributed by atoms with Crippen molar-refractivity contribution in [2.45, 2.75) is 57.2 Å². The molecule has 1 unspecified atom stereocenters. The molecule has 1 aromatic heterocycles.